The summed E-state index contributed by atoms with van der Waals surface area (Å²) in [5, 5.41) is 7.29. The zero-order valence-corrected chi connectivity index (χ0v) is 16.9. The van der Waals surface area contributed by atoms with Crippen LogP contribution in [0.4, 0.5) is 5.69 Å². The molecule has 2 aliphatic rings. The summed E-state index contributed by atoms with van der Waals surface area (Å²) in [4.78, 5) is 15.2. The van der Waals surface area contributed by atoms with Crippen LogP contribution in [0.2, 0.25) is 0 Å². The number of fused-ring (bicyclic) bond motifs is 1. The monoisotopic (exact) mass is 404 g/mol. The summed E-state index contributed by atoms with van der Waals surface area (Å²) in [6, 6.07) is 15.6. The van der Waals surface area contributed by atoms with Crippen molar-refractivity contribution < 1.29 is 14.3 Å². The van der Waals surface area contributed by atoms with E-state index in [1.807, 2.05) is 60.3 Å². The predicted octanol–water partition coefficient (Wildman–Crippen LogP) is 3.42. The third-order valence-electron chi connectivity index (χ3n) is 5.79. The van der Waals surface area contributed by atoms with Gasteiger partial charge in [0.05, 0.1) is 11.7 Å². The summed E-state index contributed by atoms with van der Waals surface area (Å²) >= 11 is 0. The van der Waals surface area contributed by atoms with Gasteiger partial charge in [-0.05, 0) is 49.2 Å². The van der Waals surface area contributed by atoms with Crippen molar-refractivity contribution in [3.05, 3.63) is 60.3 Å². The normalized spacial score (nSPS) is 18.0. The Morgan fingerprint density at radius 2 is 2.03 bits per heavy atom. The number of benzene rings is 2. The molecule has 1 saturated heterocycles. The molecule has 154 valence electrons. The van der Waals surface area contributed by atoms with Gasteiger partial charge in [0.25, 0.3) is 0 Å². The first-order valence-electron chi connectivity index (χ1n) is 10.2. The van der Waals surface area contributed by atoms with Gasteiger partial charge in [0.2, 0.25) is 12.7 Å². The van der Waals surface area contributed by atoms with E-state index >= 15 is 0 Å². The van der Waals surface area contributed by atoms with E-state index in [4.69, 9.17) is 9.47 Å². The van der Waals surface area contributed by atoms with Gasteiger partial charge in [-0.1, -0.05) is 24.3 Å². The van der Waals surface area contributed by atoms with E-state index in [9.17, 15) is 4.79 Å². The number of nitrogens with zero attached hydrogens (tertiary/aromatic N) is 3. The zero-order chi connectivity index (χ0) is 20.5. The van der Waals surface area contributed by atoms with Gasteiger partial charge >= 0.3 is 0 Å². The molecule has 1 aromatic heterocycles. The van der Waals surface area contributed by atoms with Gasteiger partial charge in [0.1, 0.15) is 0 Å². The number of carbonyl (C=O) groups is 1. The molecular formula is C23H24N4O3. The summed E-state index contributed by atoms with van der Waals surface area (Å²) in [6.07, 6.45) is 3.63. The minimum Gasteiger partial charge on any atom is -0.454 e. The second-order valence-electron chi connectivity index (χ2n) is 7.69. The first-order chi connectivity index (χ1) is 14.7. The first kappa shape index (κ1) is 18.7. The molecule has 0 radical (unpaired) electrons. The number of hydrogen-bond acceptors (Lipinski definition) is 5. The maximum Gasteiger partial charge on any atom is 0.241 e. The molecule has 30 heavy (non-hydrogen) atoms. The number of anilines is 1. The van der Waals surface area contributed by atoms with E-state index in [1.54, 1.807) is 6.20 Å². The minimum absolute atomic E-state index is 0.0329. The molecule has 2 aliphatic heterocycles. The molecular weight excluding hydrogens is 380 g/mol. The van der Waals surface area contributed by atoms with Crippen molar-refractivity contribution in [3.63, 3.8) is 0 Å². The van der Waals surface area contributed by atoms with Crippen molar-refractivity contribution in [2.45, 2.75) is 25.4 Å². The van der Waals surface area contributed by atoms with Crippen molar-refractivity contribution in [1.82, 2.24) is 14.7 Å². The first-order valence-corrected chi connectivity index (χ1v) is 10.2. The number of ether oxygens (including phenoxy) is 2. The average molecular weight is 404 g/mol. The predicted molar refractivity (Wildman–Crippen MR) is 113 cm³/mol. The van der Waals surface area contributed by atoms with E-state index in [-0.39, 0.29) is 18.7 Å². The highest BCUT2D eigenvalue weighted by molar-refractivity contribution is 5.95. The SMILES string of the molecule is Cn1nccc1-c1ccc(NC(=O)C2CCCN2Cc2cccc3c2OCO3)cc1. The third-order valence-corrected chi connectivity index (χ3v) is 5.79. The lowest BCUT2D eigenvalue weighted by Gasteiger charge is -2.24. The Morgan fingerprint density at radius 3 is 2.83 bits per heavy atom. The Balaban J connectivity index is 1.27. The summed E-state index contributed by atoms with van der Waals surface area (Å²) in [5.41, 5.74) is 3.97. The van der Waals surface area contributed by atoms with Gasteiger partial charge in [-0.15, -0.1) is 0 Å². The van der Waals surface area contributed by atoms with Crippen LogP contribution in [0.3, 0.4) is 0 Å². The Hall–Kier alpha value is -3.32. The molecule has 2 aromatic carbocycles. The highest BCUT2D eigenvalue weighted by Gasteiger charge is 2.32. The summed E-state index contributed by atoms with van der Waals surface area (Å²) < 4.78 is 12.9. The number of aryl methyl sites for hydroxylation is 1. The van der Waals surface area contributed by atoms with Crippen LogP contribution in [-0.4, -0.2) is 40.0 Å². The maximum absolute atomic E-state index is 13.0. The summed E-state index contributed by atoms with van der Waals surface area (Å²) in [7, 11) is 1.92. The zero-order valence-electron chi connectivity index (χ0n) is 16.9. The molecule has 7 nitrogen and oxygen atoms in total. The van der Waals surface area contributed by atoms with Crippen LogP contribution in [-0.2, 0) is 18.4 Å². The molecule has 3 heterocycles. The Kier molecular flexibility index (Phi) is 4.88. The lowest BCUT2D eigenvalue weighted by Crippen LogP contribution is -2.39. The second kappa shape index (κ2) is 7.84. The fraction of sp³-hybridized carbons (Fsp3) is 0.304. The molecule has 0 aliphatic carbocycles. The van der Waals surface area contributed by atoms with Gasteiger partial charge in [-0.2, -0.15) is 5.10 Å². The Labute approximate surface area is 175 Å². The lowest BCUT2D eigenvalue weighted by atomic mass is 10.1. The molecule has 1 atom stereocenters. The molecule has 5 rings (SSSR count). The molecule has 1 unspecified atom stereocenters. The molecule has 3 aromatic rings. The lowest BCUT2D eigenvalue weighted by molar-refractivity contribution is -0.120. The highest BCUT2D eigenvalue weighted by atomic mass is 16.7. The molecule has 0 spiro atoms. The van der Waals surface area contributed by atoms with Crippen LogP contribution in [0.25, 0.3) is 11.3 Å². The van der Waals surface area contributed by atoms with Crippen LogP contribution >= 0.6 is 0 Å². The fourth-order valence-electron chi connectivity index (χ4n) is 4.25. The number of hydrogen-bond donors (Lipinski definition) is 1. The molecule has 1 fully saturated rings. The van der Waals surface area contributed by atoms with E-state index in [0.29, 0.717) is 6.54 Å². The average Bonchev–Trinajstić information content (AvgIpc) is 3.49. The molecule has 1 N–H and O–H groups in total. The quantitative estimate of drug-likeness (QED) is 0.706. The Bertz CT molecular complexity index is 1060. The van der Waals surface area contributed by atoms with Crippen molar-refractivity contribution in [2.75, 3.05) is 18.7 Å². The fourth-order valence-corrected chi connectivity index (χ4v) is 4.25. The number of rotatable bonds is 5. The van der Waals surface area contributed by atoms with Crippen molar-refractivity contribution in [1.29, 1.82) is 0 Å². The number of nitrogens with one attached hydrogen (secondary N) is 1. The molecule has 1 amide bonds. The van der Waals surface area contributed by atoms with Crippen LogP contribution < -0.4 is 14.8 Å². The number of carbonyl (C=O) groups excluding carboxylic acids is 1. The van der Waals surface area contributed by atoms with Gasteiger partial charge in [0, 0.05) is 31.0 Å². The van der Waals surface area contributed by atoms with E-state index in [2.05, 4.69) is 15.3 Å². The van der Waals surface area contributed by atoms with E-state index in [0.717, 1.165) is 53.4 Å². The summed E-state index contributed by atoms with van der Waals surface area (Å²) in [6.45, 7) is 1.82. The largest absolute Gasteiger partial charge is 0.454 e. The van der Waals surface area contributed by atoms with Crippen LogP contribution in [0.1, 0.15) is 18.4 Å². The van der Waals surface area contributed by atoms with Gasteiger partial charge in [-0.25, -0.2) is 0 Å². The number of amides is 1. The van der Waals surface area contributed by atoms with Gasteiger partial charge < -0.3 is 14.8 Å². The number of aromatic nitrogens is 2. The smallest absolute Gasteiger partial charge is 0.241 e. The van der Waals surface area contributed by atoms with Gasteiger partial charge in [-0.3, -0.25) is 14.4 Å². The molecule has 0 saturated carbocycles. The second-order valence-corrected chi connectivity index (χ2v) is 7.69. The van der Waals surface area contributed by atoms with Crippen LogP contribution in [0, 0.1) is 0 Å². The standard InChI is InChI=1S/C23H24N4O3/c1-26-19(11-12-24-26)16-7-9-18(10-8-16)25-23(28)20-5-3-13-27(20)14-17-4-2-6-21-22(17)30-15-29-21/h2,4,6-12,20H,3,5,13-15H2,1H3,(H,25,28). The molecule has 0 bridgehead atoms. The van der Waals surface area contributed by atoms with Crippen molar-refractivity contribution >= 4 is 11.6 Å². The van der Waals surface area contributed by atoms with Crippen LogP contribution in [0.5, 0.6) is 11.5 Å². The van der Waals surface area contributed by atoms with Crippen molar-refractivity contribution in [2.24, 2.45) is 7.05 Å². The highest BCUT2D eigenvalue weighted by Crippen LogP contribution is 2.37. The number of para-hydroxylation sites is 1. The van der Waals surface area contributed by atoms with E-state index < -0.39 is 0 Å². The Morgan fingerprint density at radius 1 is 1.17 bits per heavy atom. The minimum atomic E-state index is -0.153. The number of likely N-dealkylation sites (tertiary alicyclic amines) is 1. The topological polar surface area (TPSA) is 68.6 Å². The van der Waals surface area contributed by atoms with E-state index in [1.165, 1.54) is 0 Å². The maximum atomic E-state index is 13.0. The van der Waals surface area contributed by atoms with Gasteiger partial charge in [0.15, 0.2) is 11.5 Å². The third kappa shape index (κ3) is 3.52. The van der Waals surface area contributed by atoms with Crippen LogP contribution in [0.15, 0.2) is 54.7 Å². The summed E-state index contributed by atoms with van der Waals surface area (Å²) in [5.74, 6) is 1.61. The van der Waals surface area contributed by atoms with Crippen molar-refractivity contribution in [3.8, 4) is 22.8 Å². The molecule has 7 heteroatoms.